The predicted octanol–water partition coefficient (Wildman–Crippen LogP) is 3.11. The van der Waals surface area contributed by atoms with Crippen molar-refractivity contribution < 1.29 is 4.79 Å². The van der Waals surface area contributed by atoms with Crippen LogP contribution >= 0.6 is 0 Å². The zero-order chi connectivity index (χ0) is 14.7. The quantitative estimate of drug-likeness (QED) is 0.831. The lowest BCUT2D eigenvalue weighted by Gasteiger charge is -2.16. The normalized spacial score (nSPS) is 9.53. The van der Waals surface area contributed by atoms with Gasteiger partial charge in [-0.05, 0) is 30.9 Å². The molecule has 0 saturated heterocycles. The van der Waals surface area contributed by atoms with Crippen LogP contribution in [0.1, 0.15) is 44.7 Å². The lowest BCUT2D eigenvalue weighted by atomic mass is 10.1. The zero-order valence-corrected chi connectivity index (χ0v) is 12.8. The van der Waals surface area contributed by atoms with E-state index in [-0.39, 0.29) is 5.91 Å². The van der Waals surface area contributed by atoms with E-state index in [1.54, 1.807) is 4.90 Å². The molecule has 2 N–H and O–H groups in total. The Morgan fingerprint density at radius 2 is 1.84 bits per heavy atom. The van der Waals surface area contributed by atoms with Crippen LogP contribution < -0.4 is 5.73 Å². The third-order valence-corrected chi connectivity index (χ3v) is 2.94. The van der Waals surface area contributed by atoms with Crippen molar-refractivity contribution in [3.63, 3.8) is 0 Å². The van der Waals surface area contributed by atoms with Gasteiger partial charge in [0.25, 0.3) is 0 Å². The van der Waals surface area contributed by atoms with Gasteiger partial charge in [0.2, 0.25) is 5.91 Å². The molecule has 0 atom stereocenters. The summed E-state index contributed by atoms with van der Waals surface area (Å²) in [4.78, 5) is 12.2. The summed E-state index contributed by atoms with van der Waals surface area (Å²) in [7, 11) is 0. The van der Waals surface area contributed by atoms with E-state index in [0.717, 1.165) is 13.0 Å². The first-order valence-corrected chi connectivity index (χ1v) is 7.06. The predicted molar refractivity (Wildman–Crippen MR) is 81.9 cm³/mol. The molecule has 0 saturated carbocycles. The third-order valence-electron chi connectivity index (χ3n) is 2.94. The summed E-state index contributed by atoms with van der Waals surface area (Å²) in [6.45, 7) is 9.04. The molecule has 1 rings (SSSR count). The standard InChI is InChI=1S/C10H14.C6H14N2O/c1-3-6-10-8-5-4-7-9(10)2;1-3-4-8(5-7)6(2)9/h4-5,7-8H,3,6H2,1-2H3;3-5,7H2,1-2H3. The minimum absolute atomic E-state index is 0.0550. The largest absolute Gasteiger partial charge is 0.330 e. The van der Waals surface area contributed by atoms with Crippen molar-refractivity contribution in [2.45, 2.75) is 47.0 Å². The molecule has 19 heavy (non-hydrogen) atoms. The fourth-order valence-corrected chi connectivity index (χ4v) is 1.81. The average molecular weight is 264 g/mol. The van der Waals surface area contributed by atoms with Crippen LogP contribution in [0.2, 0.25) is 0 Å². The topological polar surface area (TPSA) is 46.3 Å². The van der Waals surface area contributed by atoms with E-state index in [2.05, 4.69) is 38.1 Å². The second-order valence-corrected chi connectivity index (χ2v) is 4.64. The molecule has 0 unspecified atom stereocenters. The highest BCUT2D eigenvalue weighted by Crippen LogP contribution is 2.08. The number of carbonyl (C=O) groups is 1. The first-order chi connectivity index (χ1) is 9.06. The summed E-state index contributed by atoms with van der Waals surface area (Å²) in [5, 5.41) is 0. The van der Waals surface area contributed by atoms with Gasteiger partial charge in [-0.25, -0.2) is 0 Å². The lowest BCUT2D eigenvalue weighted by Crippen LogP contribution is -2.34. The third kappa shape index (κ3) is 7.62. The van der Waals surface area contributed by atoms with E-state index in [1.165, 1.54) is 30.9 Å². The van der Waals surface area contributed by atoms with E-state index in [0.29, 0.717) is 6.67 Å². The summed E-state index contributed by atoms with van der Waals surface area (Å²) in [5.41, 5.74) is 8.18. The Balaban J connectivity index is 0.000000344. The second kappa shape index (κ2) is 10.6. The van der Waals surface area contributed by atoms with Crippen LogP contribution in [-0.2, 0) is 11.2 Å². The van der Waals surface area contributed by atoms with E-state index in [1.807, 2.05) is 6.92 Å². The molecule has 0 aliphatic heterocycles. The molecule has 0 radical (unpaired) electrons. The van der Waals surface area contributed by atoms with Gasteiger partial charge in [-0.15, -0.1) is 0 Å². The fraction of sp³-hybridized carbons (Fsp3) is 0.562. The zero-order valence-electron chi connectivity index (χ0n) is 12.8. The highest BCUT2D eigenvalue weighted by Gasteiger charge is 2.01. The van der Waals surface area contributed by atoms with Crippen LogP contribution in [0.5, 0.6) is 0 Å². The fourth-order valence-electron chi connectivity index (χ4n) is 1.81. The van der Waals surface area contributed by atoms with Gasteiger partial charge in [0.05, 0.1) is 6.67 Å². The number of nitrogens with two attached hydrogens (primary N) is 1. The smallest absolute Gasteiger partial charge is 0.220 e. The Morgan fingerprint density at radius 1 is 1.21 bits per heavy atom. The average Bonchev–Trinajstić information content (AvgIpc) is 2.39. The van der Waals surface area contributed by atoms with Crippen LogP contribution in [0.4, 0.5) is 0 Å². The number of aryl methyl sites for hydroxylation is 2. The van der Waals surface area contributed by atoms with Crippen LogP contribution in [0.3, 0.4) is 0 Å². The number of nitrogens with zero attached hydrogens (tertiary/aromatic N) is 1. The van der Waals surface area contributed by atoms with E-state index in [9.17, 15) is 4.79 Å². The van der Waals surface area contributed by atoms with Gasteiger partial charge in [-0.3, -0.25) is 4.79 Å². The Labute approximate surface area is 117 Å². The Kier molecular flexibility index (Phi) is 9.81. The van der Waals surface area contributed by atoms with Crippen LogP contribution in [0.25, 0.3) is 0 Å². The van der Waals surface area contributed by atoms with Gasteiger partial charge in [-0.2, -0.15) is 0 Å². The van der Waals surface area contributed by atoms with Gasteiger partial charge in [0, 0.05) is 13.5 Å². The van der Waals surface area contributed by atoms with Crippen molar-refractivity contribution in [3.8, 4) is 0 Å². The maximum absolute atomic E-state index is 10.6. The van der Waals surface area contributed by atoms with E-state index >= 15 is 0 Å². The van der Waals surface area contributed by atoms with Gasteiger partial charge in [-0.1, -0.05) is 44.5 Å². The molecule has 0 bridgehead atoms. The molecule has 0 spiro atoms. The van der Waals surface area contributed by atoms with Crippen molar-refractivity contribution in [1.29, 1.82) is 0 Å². The number of carbonyl (C=O) groups excluding carboxylic acids is 1. The van der Waals surface area contributed by atoms with Crippen LogP contribution in [-0.4, -0.2) is 24.0 Å². The van der Waals surface area contributed by atoms with Crippen LogP contribution in [0, 0.1) is 6.92 Å². The molecule has 108 valence electrons. The highest BCUT2D eigenvalue weighted by molar-refractivity contribution is 5.73. The number of hydrogen-bond acceptors (Lipinski definition) is 2. The molecule has 1 amide bonds. The molecule has 1 aromatic carbocycles. The monoisotopic (exact) mass is 264 g/mol. The summed E-state index contributed by atoms with van der Waals surface area (Å²) in [6.07, 6.45) is 3.42. The first kappa shape index (κ1) is 17.6. The molecule has 3 nitrogen and oxygen atoms in total. The van der Waals surface area contributed by atoms with Gasteiger partial charge in [0.1, 0.15) is 0 Å². The lowest BCUT2D eigenvalue weighted by molar-refractivity contribution is -0.128. The number of rotatable bonds is 5. The summed E-state index contributed by atoms with van der Waals surface area (Å²) in [6, 6.07) is 8.58. The maximum Gasteiger partial charge on any atom is 0.220 e. The van der Waals surface area contributed by atoms with Gasteiger partial charge >= 0.3 is 0 Å². The summed E-state index contributed by atoms with van der Waals surface area (Å²) >= 11 is 0. The summed E-state index contributed by atoms with van der Waals surface area (Å²) in [5.74, 6) is 0.0550. The number of amides is 1. The van der Waals surface area contributed by atoms with Crippen molar-refractivity contribution in [3.05, 3.63) is 35.4 Å². The number of benzene rings is 1. The minimum Gasteiger partial charge on any atom is -0.330 e. The van der Waals surface area contributed by atoms with Crippen molar-refractivity contribution in [2.24, 2.45) is 5.73 Å². The van der Waals surface area contributed by atoms with Gasteiger partial charge in [0.15, 0.2) is 0 Å². The Bertz CT molecular complexity index is 364. The molecular weight excluding hydrogens is 236 g/mol. The van der Waals surface area contributed by atoms with Crippen molar-refractivity contribution in [2.75, 3.05) is 13.2 Å². The minimum atomic E-state index is 0.0550. The van der Waals surface area contributed by atoms with Crippen molar-refractivity contribution >= 4 is 5.91 Å². The van der Waals surface area contributed by atoms with Crippen LogP contribution in [0.15, 0.2) is 24.3 Å². The molecule has 1 aromatic rings. The molecule has 0 aromatic heterocycles. The molecule has 0 aliphatic rings. The summed E-state index contributed by atoms with van der Waals surface area (Å²) < 4.78 is 0. The molecule has 0 aliphatic carbocycles. The van der Waals surface area contributed by atoms with Crippen molar-refractivity contribution in [1.82, 2.24) is 4.90 Å². The molecule has 0 fully saturated rings. The first-order valence-electron chi connectivity index (χ1n) is 7.06. The number of hydrogen-bond donors (Lipinski definition) is 1. The van der Waals surface area contributed by atoms with E-state index in [4.69, 9.17) is 5.73 Å². The Hall–Kier alpha value is -1.35. The highest BCUT2D eigenvalue weighted by atomic mass is 16.2. The van der Waals surface area contributed by atoms with Gasteiger partial charge < -0.3 is 10.6 Å². The SMILES string of the molecule is CCCN(CN)C(C)=O.CCCc1ccccc1C. The Morgan fingerprint density at radius 3 is 2.21 bits per heavy atom. The molecule has 0 heterocycles. The molecule has 3 heteroatoms. The maximum atomic E-state index is 10.6. The second-order valence-electron chi connectivity index (χ2n) is 4.64. The molecular formula is C16H28N2O. The van der Waals surface area contributed by atoms with E-state index < -0.39 is 0 Å².